The molecule has 0 aromatic carbocycles. The van der Waals surface area contributed by atoms with Crippen molar-refractivity contribution in [3.63, 3.8) is 0 Å². The van der Waals surface area contributed by atoms with Crippen molar-refractivity contribution in [1.82, 2.24) is 15.5 Å². The lowest BCUT2D eigenvalue weighted by Gasteiger charge is -2.32. The molecule has 1 atom stereocenters. The third kappa shape index (κ3) is 3.61. The zero-order valence-electron chi connectivity index (χ0n) is 13.4. The molecule has 1 fully saturated rings. The van der Waals surface area contributed by atoms with Gasteiger partial charge in [-0.15, -0.1) is 0 Å². The number of carbonyl (C=O) groups is 1. The fourth-order valence-corrected chi connectivity index (χ4v) is 2.53. The van der Waals surface area contributed by atoms with Crippen LogP contribution < -0.4 is 11.1 Å². The van der Waals surface area contributed by atoms with Gasteiger partial charge in [0.1, 0.15) is 6.04 Å². The zero-order chi connectivity index (χ0) is 15.7. The van der Waals surface area contributed by atoms with E-state index in [1.165, 1.54) is 0 Å². The largest absolute Gasteiger partial charge is 0.343 e. The van der Waals surface area contributed by atoms with Crippen LogP contribution in [0.4, 0.5) is 0 Å². The monoisotopic (exact) mass is 294 g/mol. The van der Waals surface area contributed by atoms with Crippen molar-refractivity contribution in [2.75, 3.05) is 0 Å². The highest BCUT2D eigenvalue weighted by Gasteiger charge is 2.36. The number of hydrogen-bond donors (Lipinski definition) is 2. The Morgan fingerprint density at radius 2 is 1.95 bits per heavy atom. The van der Waals surface area contributed by atoms with Crippen LogP contribution in [0.2, 0.25) is 0 Å². The summed E-state index contributed by atoms with van der Waals surface area (Å²) in [5, 5.41) is 6.89. The molecule has 1 heterocycles. The highest BCUT2D eigenvalue weighted by atomic mass is 16.5. The maximum Gasteiger partial charge on any atom is 0.248 e. The van der Waals surface area contributed by atoms with Crippen LogP contribution in [-0.4, -0.2) is 21.6 Å². The molecule has 0 spiro atoms. The predicted molar refractivity (Wildman–Crippen MR) is 79.6 cm³/mol. The van der Waals surface area contributed by atoms with Gasteiger partial charge in [0.25, 0.3) is 0 Å². The number of nitrogens with two attached hydrogens (primary N) is 1. The van der Waals surface area contributed by atoms with Gasteiger partial charge in [-0.25, -0.2) is 0 Å². The minimum atomic E-state index is -0.751. The lowest BCUT2D eigenvalue weighted by atomic mass is 9.82. The van der Waals surface area contributed by atoms with Gasteiger partial charge in [-0.05, 0) is 19.8 Å². The summed E-state index contributed by atoms with van der Waals surface area (Å²) in [4.78, 5) is 16.8. The first-order valence-corrected chi connectivity index (χ1v) is 7.66. The second kappa shape index (κ2) is 5.75. The van der Waals surface area contributed by atoms with E-state index in [0.717, 1.165) is 32.1 Å². The highest BCUT2D eigenvalue weighted by molar-refractivity contribution is 5.86. The molecular formula is C15H26N4O2. The van der Waals surface area contributed by atoms with Crippen LogP contribution in [0, 0.1) is 0 Å². The molecule has 1 aromatic rings. The summed E-state index contributed by atoms with van der Waals surface area (Å²) in [6, 6.07) is -0.330. The minimum Gasteiger partial charge on any atom is -0.343 e. The Morgan fingerprint density at radius 3 is 2.48 bits per heavy atom. The molecule has 0 radical (unpaired) electrons. The molecular weight excluding hydrogens is 268 g/mol. The lowest BCUT2D eigenvalue weighted by molar-refractivity contribution is -0.128. The summed E-state index contributed by atoms with van der Waals surface area (Å²) in [6.07, 6.45) is 4.64. The zero-order valence-corrected chi connectivity index (χ0v) is 13.4. The number of nitrogens with zero attached hydrogens (tertiary/aromatic N) is 2. The van der Waals surface area contributed by atoms with Crippen molar-refractivity contribution in [3.05, 3.63) is 11.7 Å². The van der Waals surface area contributed by atoms with E-state index >= 15 is 0 Å². The molecule has 1 aliphatic carbocycles. The molecule has 6 heteroatoms. The van der Waals surface area contributed by atoms with Gasteiger partial charge in [0.15, 0.2) is 5.82 Å². The fourth-order valence-electron chi connectivity index (χ4n) is 2.53. The van der Waals surface area contributed by atoms with Crippen molar-refractivity contribution in [2.45, 2.75) is 76.8 Å². The molecule has 0 aliphatic heterocycles. The van der Waals surface area contributed by atoms with Crippen LogP contribution in [0.25, 0.3) is 0 Å². The van der Waals surface area contributed by atoms with E-state index in [0.29, 0.717) is 11.7 Å². The third-order valence-corrected chi connectivity index (χ3v) is 4.03. The molecule has 1 aliphatic rings. The standard InChI is InChI=1S/C15H26N4O2/c1-10(11-18-12(19-21-11)14(2,3)4)17-13(20)15(16)8-6-5-7-9-15/h10H,5-9,16H2,1-4H3,(H,17,20). The van der Waals surface area contributed by atoms with Crippen molar-refractivity contribution in [3.8, 4) is 0 Å². The fraction of sp³-hybridized carbons (Fsp3) is 0.800. The number of carbonyl (C=O) groups excluding carboxylic acids is 1. The molecule has 6 nitrogen and oxygen atoms in total. The molecule has 1 aromatic heterocycles. The quantitative estimate of drug-likeness (QED) is 0.891. The molecule has 1 unspecified atom stereocenters. The summed E-state index contributed by atoms with van der Waals surface area (Å²) in [6.45, 7) is 7.88. The Kier molecular flexibility index (Phi) is 4.37. The van der Waals surface area contributed by atoms with Crippen LogP contribution in [0.3, 0.4) is 0 Å². The number of hydrogen-bond acceptors (Lipinski definition) is 5. The maximum atomic E-state index is 12.4. The molecule has 3 N–H and O–H groups in total. The van der Waals surface area contributed by atoms with E-state index in [-0.39, 0.29) is 17.4 Å². The Hall–Kier alpha value is -1.43. The number of rotatable bonds is 3. The van der Waals surface area contributed by atoms with Gasteiger partial charge in [-0.3, -0.25) is 4.79 Å². The Bertz CT molecular complexity index is 498. The van der Waals surface area contributed by atoms with Gasteiger partial charge in [0, 0.05) is 5.41 Å². The van der Waals surface area contributed by atoms with Crippen molar-refractivity contribution < 1.29 is 9.32 Å². The Morgan fingerprint density at radius 1 is 1.33 bits per heavy atom. The Balaban J connectivity index is 2.02. The number of nitrogens with one attached hydrogen (secondary N) is 1. The highest BCUT2D eigenvalue weighted by Crippen LogP contribution is 2.27. The van der Waals surface area contributed by atoms with Gasteiger partial charge in [0.05, 0.1) is 5.54 Å². The molecule has 1 amide bonds. The van der Waals surface area contributed by atoms with Crippen LogP contribution in [0.5, 0.6) is 0 Å². The maximum absolute atomic E-state index is 12.4. The predicted octanol–water partition coefficient (Wildman–Crippen LogP) is 2.21. The summed E-state index contributed by atoms with van der Waals surface area (Å²) < 4.78 is 5.26. The van der Waals surface area contributed by atoms with Gasteiger partial charge >= 0.3 is 0 Å². The van der Waals surface area contributed by atoms with Crippen molar-refractivity contribution in [1.29, 1.82) is 0 Å². The average molecular weight is 294 g/mol. The van der Waals surface area contributed by atoms with Gasteiger partial charge in [0.2, 0.25) is 11.8 Å². The third-order valence-electron chi connectivity index (χ3n) is 4.03. The van der Waals surface area contributed by atoms with Gasteiger partial charge in [-0.1, -0.05) is 45.2 Å². The molecule has 2 rings (SSSR count). The SMILES string of the molecule is CC(NC(=O)C1(N)CCCCC1)c1nc(C(C)(C)C)no1. The summed E-state index contributed by atoms with van der Waals surface area (Å²) in [5.74, 6) is 0.941. The van der Waals surface area contributed by atoms with Gasteiger partial charge in [-0.2, -0.15) is 4.98 Å². The van der Waals surface area contributed by atoms with E-state index < -0.39 is 5.54 Å². The summed E-state index contributed by atoms with van der Waals surface area (Å²) >= 11 is 0. The molecule has 21 heavy (non-hydrogen) atoms. The summed E-state index contributed by atoms with van der Waals surface area (Å²) in [5.41, 5.74) is 5.30. The van der Waals surface area contributed by atoms with E-state index in [4.69, 9.17) is 10.3 Å². The summed E-state index contributed by atoms with van der Waals surface area (Å²) in [7, 11) is 0. The number of amides is 1. The first-order valence-electron chi connectivity index (χ1n) is 7.66. The average Bonchev–Trinajstić information content (AvgIpc) is 2.89. The van der Waals surface area contributed by atoms with E-state index in [1.54, 1.807) is 0 Å². The van der Waals surface area contributed by atoms with Crippen molar-refractivity contribution >= 4 is 5.91 Å². The van der Waals surface area contributed by atoms with E-state index in [2.05, 4.69) is 15.5 Å². The first kappa shape index (κ1) is 15.9. The van der Waals surface area contributed by atoms with Crippen LogP contribution >= 0.6 is 0 Å². The van der Waals surface area contributed by atoms with Crippen LogP contribution in [-0.2, 0) is 10.2 Å². The second-order valence-corrected chi connectivity index (χ2v) is 7.12. The van der Waals surface area contributed by atoms with Crippen molar-refractivity contribution in [2.24, 2.45) is 5.73 Å². The lowest BCUT2D eigenvalue weighted by Crippen LogP contribution is -2.55. The molecule has 0 saturated heterocycles. The second-order valence-electron chi connectivity index (χ2n) is 7.12. The van der Waals surface area contributed by atoms with E-state index in [1.807, 2.05) is 27.7 Å². The first-order chi connectivity index (χ1) is 9.72. The van der Waals surface area contributed by atoms with E-state index in [9.17, 15) is 4.79 Å². The smallest absolute Gasteiger partial charge is 0.248 e. The van der Waals surface area contributed by atoms with Crippen LogP contribution in [0.1, 0.15) is 77.6 Å². The number of aromatic nitrogens is 2. The van der Waals surface area contributed by atoms with Gasteiger partial charge < -0.3 is 15.6 Å². The normalized spacial score (nSPS) is 20.0. The molecule has 1 saturated carbocycles. The Labute approximate surface area is 125 Å². The molecule has 0 bridgehead atoms. The minimum absolute atomic E-state index is 0.120. The molecule has 118 valence electrons. The topological polar surface area (TPSA) is 94.0 Å². The van der Waals surface area contributed by atoms with Crippen LogP contribution in [0.15, 0.2) is 4.52 Å².